The molecule has 4 aliphatic heterocycles. The molecule has 0 aliphatic carbocycles. The number of likely N-dealkylation sites (tertiary alicyclic amines) is 1. The first-order chi connectivity index (χ1) is 24.9. The second-order valence-corrected chi connectivity index (χ2v) is 13.3. The molecule has 4 amide bonds. The van der Waals surface area contributed by atoms with Crippen molar-refractivity contribution >= 4 is 29.3 Å². The first-order valence-corrected chi connectivity index (χ1v) is 17.1. The Morgan fingerprint density at radius 3 is 2.57 bits per heavy atom. The van der Waals surface area contributed by atoms with E-state index in [4.69, 9.17) is 4.74 Å². The van der Waals surface area contributed by atoms with Crippen molar-refractivity contribution in [3.05, 3.63) is 113 Å². The number of fused-ring (bicyclic) bond motifs is 4. The molecule has 0 spiro atoms. The van der Waals surface area contributed by atoms with Crippen LogP contribution in [0.5, 0.6) is 5.75 Å². The van der Waals surface area contributed by atoms with Crippen LogP contribution in [0.25, 0.3) is 11.1 Å². The quantitative estimate of drug-likeness (QED) is 0.196. The third-order valence-corrected chi connectivity index (χ3v) is 10.3. The molecule has 4 aromatic rings. The Hall–Kier alpha value is -5.83. The van der Waals surface area contributed by atoms with Crippen molar-refractivity contribution in [2.24, 2.45) is 5.92 Å². The third kappa shape index (κ3) is 6.03. The summed E-state index contributed by atoms with van der Waals surface area (Å²) >= 11 is 0. The van der Waals surface area contributed by atoms with Crippen molar-refractivity contribution in [2.45, 2.75) is 43.9 Å². The highest BCUT2D eigenvalue weighted by Crippen LogP contribution is 2.48. The van der Waals surface area contributed by atoms with Gasteiger partial charge in [0, 0.05) is 48.6 Å². The van der Waals surface area contributed by atoms with E-state index in [-0.39, 0.29) is 60.9 Å². The van der Waals surface area contributed by atoms with Crippen LogP contribution in [0.2, 0.25) is 0 Å². The van der Waals surface area contributed by atoms with Crippen LogP contribution < -0.4 is 15.4 Å². The Labute approximate surface area is 294 Å². The fourth-order valence-electron chi connectivity index (χ4n) is 7.87. The van der Waals surface area contributed by atoms with Gasteiger partial charge in [0.05, 0.1) is 23.8 Å². The first kappa shape index (κ1) is 32.4. The van der Waals surface area contributed by atoms with Gasteiger partial charge in [0.15, 0.2) is 0 Å². The summed E-state index contributed by atoms with van der Waals surface area (Å²) in [6.45, 7) is 1.80. The molecular formula is C40H35N5O6. The third-order valence-electron chi connectivity index (χ3n) is 10.3. The highest BCUT2D eigenvalue weighted by molar-refractivity contribution is 6.24. The van der Waals surface area contributed by atoms with E-state index in [2.05, 4.69) is 68.8 Å². The molecule has 1 unspecified atom stereocenters. The number of aliphatic hydroxyl groups is 1. The number of nitrogens with one attached hydrogen (secondary N) is 2. The summed E-state index contributed by atoms with van der Waals surface area (Å²) in [7, 11) is 0. The van der Waals surface area contributed by atoms with Gasteiger partial charge in [-0.05, 0) is 90.2 Å². The van der Waals surface area contributed by atoms with E-state index in [1.54, 1.807) is 12.1 Å². The van der Waals surface area contributed by atoms with Crippen LogP contribution in [-0.2, 0) is 16.1 Å². The molecule has 4 aliphatic rings. The second kappa shape index (κ2) is 13.5. The number of pyridine rings is 1. The Kier molecular flexibility index (Phi) is 8.55. The van der Waals surface area contributed by atoms with Gasteiger partial charge in [-0.1, -0.05) is 36.1 Å². The molecule has 2 saturated heterocycles. The summed E-state index contributed by atoms with van der Waals surface area (Å²) in [5.41, 5.74) is 6.59. The number of hydrogen-bond donors (Lipinski definition) is 3. The highest BCUT2D eigenvalue weighted by atomic mass is 16.5. The Morgan fingerprint density at radius 1 is 0.922 bits per heavy atom. The van der Waals surface area contributed by atoms with E-state index in [0.29, 0.717) is 0 Å². The molecule has 2 fully saturated rings. The summed E-state index contributed by atoms with van der Waals surface area (Å²) in [6.07, 6.45) is 4.77. The number of carbonyl (C=O) groups excluding carboxylic acids is 4. The molecule has 51 heavy (non-hydrogen) atoms. The average Bonchev–Trinajstić information content (AvgIpc) is 3.68. The van der Waals surface area contributed by atoms with Gasteiger partial charge in [0.2, 0.25) is 11.8 Å². The lowest BCUT2D eigenvalue weighted by Gasteiger charge is -2.39. The number of anilines is 1. The fraction of sp³-hybridized carbons (Fsp3) is 0.275. The molecule has 8 rings (SSSR count). The number of aliphatic hydroxyl groups excluding tert-OH is 1. The predicted molar refractivity (Wildman–Crippen MR) is 187 cm³/mol. The normalized spacial score (nSPS) is 22.3. The zero-order valence-corrected chi connectivity index (χ0v) is 27.7. The smallest absolute Gasteiger partial charge is 0.266 e. The van der Waals surface area contributed by atoms with Gasteiger partial charge in [0.25, 0.3) is 11.8 Å². The lowest BCUT2D eigenvalue weighted by atomic mass is 9.82. The molecule has 0 bridgehead atoms. The van der Waals surface area contributed by atoms with Crippen LogP contribution >= 0.6 is 0 Å². The maximum absolute atomic E-state index is 13.4. The Balaban J connectivity index is 0.990. The van der Waals surface area contributed by atoms with Crippen molar-refractivity contribution in [3.63, 3.8) is 0 Å². The molecule has 256 valence electrons. The van der Waals surface area contributed by atoms with E-state index < -0.39 is 29.7 Å². The van der Waals surface area contributed by atoms with Crippen LogP contribution in [0, 0.1) is 17.8 Å². The summed E-state index contributed by atoms with van der Waals surface area (Å²) in [6, 6.07) is 22.4. The fourth-order valence-corrected chi connectivity index (χ4v) is 7.87. The van der Waals surface area contributed by atoms with Crippen LogP contribution in [0.4, 0.5) is 5.69 Å². The first-order valence-electron chi connectivity index (χ1n) is 17.1. The van der Waals surface area contributed by atoms with Crippen molar-refractivity contribution in [1.82, 2.24) is 20.1 Å². The molecule has 3 N–H and O–H groups in total. The maximum Gasteiger partial charge on any atom is 0.266 e. The number of benzene rings is 3. The van der Waals surface area contributed by atoms with Crippen LogP contribution in [0.3, 0.4) is 0 Å². The molecule has 5 heterocycles. The number of rotatable bonds is 7. The summed E-state index contributed by atoms with van der Waals surface area (Å²) in [4.78, 5) is 58.2. The molecular weight excluding hydrogens is 646 g/mol. The van der Waals surface area contributed by atoms with Gasteiger partial charge in [-0.2, -0.15) is 0 Å². The Morgan fingerprint density at radius 2 is 1.75 bits per heavy atom. The monoisotopic (exact) mass is 681 g/mol. The average molecular weight is 682 g/mol. The number of aromatic nitrogens is 1. The van der Waals surface area contributed by atoms with Crippen LogP contribution in [-0.4, -0.2) is 75.4 Å². The van der Waals surface area contributed by atoms with E-state index in [9.17, 15) is 24.3 Å². The summed E-state index contributed by atoms with van der Waals surface area (Å²) in [5.74, 6) is 4.37. The zero-order chi connectivity index (χ0) is 35.1. The van der Waals surface area contributed by atoms with E-state index in [1.165, 1.54) is 17.2 Å². The highest BCUT2D eigenvalue weighted by Gasteiger charge is 2.46. The standard InChI is InChI=1S/C40H35N5O6/c46-23-32-28-15-18-44(22-25-13-16-41-17-14-25)37(28)30-21-27(9-10-31(30)42-32)26-6-1-4-24(20-26)5-3-19-51-34-8-2-7-29-36(34)40(50)45(39(29)49)33-11-12-35(47)43-38(33)48/h1-2,4,6-10,13-14,16-17,20-21,28,32-33,37,42,46H,11-12,15,18-19,22-23H2,(H,43,47,48)/t28-,32-,33?,37-/m1/s1. The maximum atomic E-state index is 13.4. The molecule has 4 atom stereocenters. The van der Waals surface area contributed by atoms with Gasteiger partial charge in [-0.3, -0.25) is 39.3 Å². The number of amides is 4. The lowest BCUT2D eigenvalue weighted by Crippen LogP contribution is -2.54. The minimum Gasteiger partial charge on any atom is -0.480 e. The molecule has 11 heteroatoms. The minimum atomic E-state index is -1.05. The number of imide groups is 2. The van der Waals surface area contributed by atoms with Crippen molar-refractivity contribution in [1.29, 1.82) is 0 Å². The van der Waals surface area contributed by atoms with Gasteiger partial charge in [-0.15, -0.1) is 0 Å². The number of piperidine rings is 1. The topological polar surface area (TPSA) is 141 Å². The largest absolute Gasteiger partial charge is 0.480 e. The van der Waals surface area contributed by atoms with Gasteiger partial charge in [0.1, 0.15) is 18.4 Å². The Bertz CT molecular complexity index is 2120. The van der Waals surface area contributed by atoms with Gasteiger partial charge in [-0.25, -0.2) is 0 Å². The molecule has 1 aromatic heterocycles. The van der Waals surface area contributed by atoms with E-state index in [1.807, 2.05) is 30.6 Å². The summed E-state index contributed by atoms with van der Waals surface area (Å²) < 4.78 is 5.90. The van der Waals surface area contributed by atoms with Gasteiger partial charge < -0.3 is 15.2 Å². The molecule has 0 saturated carbocycles. The molecule has 3 aromatic carbocycles. The van der Waals surface area contributed by atoms with Crippen LogP contribution in [0.15, 0.2) is 85.2 Å². The van der Waals surface area contributed by atoms with Crippen molar-refractivity contribution < 1.29 is 29.0 Å². The van der Waals surface area contributed by atoms with Crippen molar-refractivity contribution in [2.75, 3.05) is 25.1 Å². The molecule has 0 radical (unpaired) electrons. The lowest BCUT2D eigenvalue weighted by molar-refractivity contribution is -0.136. The van der Waals surface area contributed by atoms with E-state index >= 15 is 0 Å². The number of hydrogen-bond acceptors (Lipinski definition) is 9. The minimum absolute atomic E-state index is 0.00330. The number of carbonyl (C=O) groups is 4. The SMILES string of the molecule is O=C1CCC(N2C(=O)c3cccc(OCC#Cc4cccc(-c5ccc6c(c5)[C@H]5[C@H](CCN5Cc5ccncc5)[C@@H](CO)N6)c4)c3C2=O)C(=O)N1. The second-order valence-electron chi connectivity index (χ2n) is 13.3. The molecule has 11 nitrogen and oxygen atoms in total. The van der Waals surface area contributed by atoms with Crippen LogP contribution in [0.1, 0.15) is 62.7 Å². The number of ether oxygens (including phenoxy) is 1. The van der Waals surface area contributed by atoms with E-state index in [0.717, 1.165) is 46.8 Å². The number of nitrogens with zero attached hydrogens (tertiary/aromatic N) is 3. The predicted octanol–water partition coefficient (Wildman–Crippen LogP) is 3.93. The zero-order valence-electron chi connectivity index (χ0n) is 27.7. The van der Waals surface area contributed by atoms with Crippen molar-refractivity contribution in [3.8, 4) is 28.7 Å². The van der Waals surface area contributed by atoms with Gasteiger partial charge >= 0.3 is 0 Å². The summed E-state index contributed by atoms with van der Waals surface area (Å²) in [5, 5.41) is 16.0.